The van der Waals surface area contributed by atoms with E-state index in [4.69, 9.17) is 0 Å². The topological polar surface area (TPSA) is 35.5 Å². The Morgan fingerprint density at radius 3 is 2.33 bits per heavy atom. The summed E-state index contributed by atoms with van der Waals surface area (Å²) in [7, 11) is 0. The number of likely N-dealkylation sites (tertiary alicyclic amines) is 1. The van der Waals surface area contributed by atoms with Gasteiger partial charge in [-0.3, -0.25) is 4.90 Å². The Bertz CT molecular complexity index is 139. The third kappa shape index (κ3) is 1.91. The number of rotatable bonds is 1. The van der Waals surface area contributed by atoms with E-state index in [0.717, 1.165) is 13.1 Å². The maximum absolute atomic E-state index is 9.55. The van der Waals surface area contributed by atoms with Crippen molar-refractivity contribution < 1.29 is 5.11 Å². The molecule has 2 atom stereocenters. The Balaban J connectivity index is 0.000000720. The summed E-state index contributed by atoms with van der Waals surface area (Å²) in [5.74, 6) is 0. The molecule has 4 heteroatoms. The van der Waals surface area contributed by atoms with Crippen LogP contribution in [0.1, 0.15) is 12.8 Å². The maximum Gasteiger partial charge on any atom is 0.0831 e. The van der Waals surface area contributed by atoms with Gasteiger partial charge in [0.25, 0.3) is 0 Å². The summed E-state index contributed by atoms with van der Waals surface area (Å²) in [5.41, 5.74) is 0. The number of halogens is 1. The highest BCUT2D eigenvalue weighted by molar-refractivity contribution is 5.85. The van der Waals surface area contributed by atoms with Crippen LogP contribution in [0.15, 0.2) is 0 Å². The van der Waals surface area contributed by atoms with Crippen molar-refractivity contribution in [1.29, 1.82) is 0 Å². The number of nitrogens with zero attached hydrogens (tertiary/aromatic N) is 1. The molecule has 2 heterocycles. The summed E-state index contributed by atoms with van der Waals surface area (Å²) in [6.07, 6.45) is 2.49. The SMILES string of the molecule is Cl.O[C@@H]1CNC[C@H]1N1CCCC1. The van der Waals surface area contributed by atoms with Crippen LogP contribution in [0.4, 0.5) is 0 Å². The normalized spacial score (nSPS) is 36.8. The summed E-state index contributed by atoms with van der Waals surface area (Å²) in [6.45, 7) is 4.12. The van der Waals surface area contributed by atoms with Gasteiger partial charge in [-0.15, -0.1) is 12.4 Å². The van der Waals surface area contributed by atoms with E-state index in [-0.39, 0.29) is 18.5 Å². The van der Waals surface area contributed by atoms with Crippen LogP contribution in [-0.4, -0.2) is 48.3 Å². The molecule has 2 N–H and O–H groups in total. The minimum absolute atomic E-state index is 0. The van der Waals surface area contributed by atoms with Gasteiger partial charge < -0.3 is 10.4 Å². The lowest BCUT2D eigenvalue weighted by atomic mass is 10.2. The van der Waals surface area contributed by atoms with Crippen LogP contribution in [0, 0.1) is 0 Å². The highest BCUT2D eigenvalue weighted by Crippen LogP contribution is 2.16. The number of aliphatic hydroxyl groups excluding tert-OH is 1. The van der Waals surface area contributed by atoms with Crippen molar-refractivity contribution in [2.24, 2.45) is 0 Å². The van der Waals surface area contributed by atoms with Crippen molar-refractivity contribution in [3.8, 4) is 0 Å². The van der Waals surface area contributed by atoms with E-state index in [1.165, 1.54) is 25.9 Å². The first-order valence-electron chi connectivity index (χ1n) is 4.51. The Morgan fingerprint density at radius 1 is 1.17 bits per heavy atom. The summed E-state index contributed by atoms with van der Waals surface area (Å²) < 4.78 is 0. The first-order chi connectivity index (χ1) is 5.38. The molecule has 2 rings (SSSR count). The van der Waals surface area contributed by atoms with Gasteiger partial charge in [-0.2, -0.15) is 0 Å². The predicted octanol–water partition coefficient (Wildman–Crippen LogP) is -0.163. The molecule has 2 fully saturated rings. The zero-order valence-electron chi connectivity index (χ0n) is 7.20. The fourth-order valence-electron chi connectivity index (χ4n) is 2.10. The van der Waals surface area contributed by atoms with Gasteiger partial charge in [0.15, 0.2) is 0 Å². The van der Waals surface area contributed by atoms with Gasteiger partial charge in [0.05, 0.1) is 6.10 Å². The Kier molecular flexibility index (Phi) is 3.77. The smallest absolute Gasteiger partial charge is 0.0831 e. The number of hydrogen-bond acceptors (Lipinski definition) is 3. The van der Waals surface area contributed by atoms with E-state index >= 15 is 0 Å². The van der Waals surface area contributed by atoms with Gasteiger partial charge in [0.2, 0.25) is 0 Å². The van der Waals surface area contributed by atoms with Crippen molar-refractivity contribution in [3.63, 3.8) is 0 Å². The van der Waals surface area contributed by atoms with Crippen molar-refractivity contribution in [3.05, 3.63) is 0 Å². The van der Waals surface area contributed by atoms with Crippen LogP contribution < -0.4 is 5.32 Å². The minimum Gasteiger partial charge on any atom is -0.390 e. The average Bonchev–Trinajstić information content (AvgIpc) is 2.55. The zero-order valence-corrected chi connectivity index (χ0v) is 8.02. The Hall–Kier alpha value is 0.170. The average molecular weight is 193 g/mol. The van der Waals surface area contributed by atoms with E-state index in [1.54, 1.807) is 0 Å². The molecule has 0 aromatic rings. The van der Waals surface area contributed by atoms with Gasteiger partial charge in [-0.05, 0) is 25.9 Å². The van der Waals surface area contributed by atoms with Gasteiger partial charge in [0.1, 0.15) is 0 Å². The quantitative estimate of drug-likeness (QED) is 0.606. The van der Waals surface area contributed by atoms with Crippen molar-refractivity contribution in [2.45, 2.75) is 25.0 Å². The maximum atomic E-state index is 9.55. The van der Waals surface area contributed by atoms with E-state index in [0.29, 0.717) is 6.04 Å². The molecule has 0 spiro atoms. The molecule has 0 radical (unpaired) electrons. The third-order valence-corrected chi connectivity index (χ3v) is 2.76. The zero-order chi connectivity index (χ0) is 7.68. The van der Waals surface area contributed by atoms with E-state index in [9.17, 15) is 5.11 Å². The highest BCUT2D eigenvalue weighted by atomic mass is 35.5. The van der Waals surface area contributed by atoms with Crippen LogP contribution in [0.25, 0.3) is 0 Å². The second-order valence-corrected chi connectivity index (χ2v) is 3.54. The largest absolute Gasteiger partial charge is 0.390 e. The Labute approximate surface area is 79.5 Å². The fraction of sp³-hybridized carbons (Fsp3) is 1.00. The molecule has 0 aromatic heterocycles. The second kappa shape index (κ2) is 4.42. The van der Waals surface area contributed by atoms with Gasteiger partial charge in [-0.25, -0.2) is 0 Å². The fourth-order valence-corrected chi connectivity index (χ4v) is 2.10. The number of nitrogens with one attached hydrogen (secondary N) is 1. The number of β-amino-alcohol motifs (C(OH)–C–C–N with tert-alkyl or cyclic N) is 1. The van der Waals surface area contributed by atoms with Crippen LogP contribution in [0.5, 0.6) is 0 Å². The molecule has 12 heavy (non-hydrogen) atoms. The molecule has 0 aromatic carbocycles. The molecular formula is C8H17ClN2O. The van der Waals surface area contributed by atoms with Gasteiger partial charge in [-0.1, -0.05) is 0 Å². The predicted molar refractivity (Wildman–Crippen MR) is 50.7 cm³/mol. The molecule has 2 aliphatic rings. The summed E-state index contributed by atoms with van der Waals surface area (Å²) in [5, 5.41) is 12.8. The molecule has 0 bridgehead atoms. The van der Waals surface area contributed by atoms with Crippen molar-refractivity contribution in [2.75, 3.05) is 26.2 Å². The molecular weight excluding hydrogens is 176 g/mol. The minimum atomic E-state index is -0.131. The molecule has 2 saturated heterocycles. The Morgan fingerprint density at radius 2 is 1.83 bits per heavy atom. The van der Waals surface area contributed by atoms with E-state index in [2.05, 4.69) is 10.2 Å². The molecule has 0 unspecified atom stereocenters. The lowest BCUT2D eigenvalue weighted by Crippen LogP contribution is -2.41. The van der Waals surface area contributed by atoms with Crippen LogP contribution in [0.3, 0.4) is 0 Å². The monoisotopic (exact) mass is 192 g/mol. The molecule has 3 nitrogen and oxygen atoms in total. The lowest BCUT2D eigenvalue weighted by Gasteiger charge is -2.24. The van der Waals surface area contributed by atoms with E-state index < -0.39 is 0 Å². The van der Waals surface area contributed by atoms with E-state index in [1.807, 2.05) is 0 Å². The lowest BCUT2D eigenvalue weighted by molar-refractivity contribution is 0.0985. The van der Waals surface area contributed by atoms with Gasteiger partial charge >= 0.3 is 0 Å². The van der Waals surface area contributed by atoms with Gasteiger partial charge in [0, 0.05) is 19.1 Å². The highest BCUT2D eigenvalue weighted by Gasteiger charge is 2.31. The number of hydrogen-bond donors (Lipinski definition) is 2. The first-order valence-corrected chi connectivity index (χ1v) is 4.51. The third-order valence-electron chi connectivity index (χ3n) is 2.76. The van der Waals surface area contributed by atoms with Crippen molar-refractivity contribution >= 4 is 12.4 Å². The molecule has 72 valence electrons. The number of aliphatic hydroxyl groups is 1. The van der Waals surface area contributed by atoms with Crippen LogP contribution in [0.2, 0.25) is 0 Å². The summed E-state index contributed by atoms with van der Waals surface area (Å²) >= 11 is 0. The van der Waals surface area contributed by atoms with Crippen LogP contribution >= 0.6 is 12.4 Å². The molecule has 0 saturated carbocycles. The summed E-state index contributed by atoms with van der Waals surface area (Å²) in [6, 6.07) is 0.400. The summed E-state index contributed by atoms with van der Waals surface area (Å²) in [4.78, 5) is 2.41. The molecule has 0 amide bonds. The van der Waals surface area contributed by atoms with Crippen molar-refractivity contribution in [1.82, 2.24) is 10.2 Å². The standard InChI is InChI=1S/C8H16N2O.ClH/c11-8-6-9-5-7(8)10-3-1-2-4-10;/h7-9,11H,1-6H2;1H/t7-,8-;/m1./s1. The van der Waals surface area contributed by atoms with Crippen LogP contribution in [-0.2, 0) is 0 Å². The molecule has 0 aliphatic carbocycles. The first kappa shape index (κ1) is 10.3. The molecule has 2 aliphatic heterocycles. The second-order valence-electron chi connectivity index (χ2n) is 3.54.